The molecule has 2 atom stereocenters. The first kappa shape index (κ1) is 13.5. The van der Waals surface area contributed by atoms with Crippen molar-refractivity contribution in [2.75, 3.05) is 6.61 Å². The van der Waals surface area contributed by atoms with E-state index in [0.717, 1.165) is 25.9 Å². The lowest BCUT2D eigenvalue weighted by molar-refractivity contribution is -0.189. The van der Waals surface area contributed by atoms with Gasteiger partial charge in [0.2, 0.25) is 0 Å². The number of rotatable bonds is 4. The second-order valence-corrected chi connectivity index (χ2v) is 5.25. The SMILES string of the molecule is CC(OC1CCCCO1)c1cc(C(C)(C)O)no1. The van der Waals surface area contributed by atoms with Gasteiger partial charge < -0.3 is 19.1 Å². The van der Waals surface area contributed by atoms with Crippen LogP contribution in [0.5, 0.6) is 0 Å². The molecule has 1 aliphatic heterocycles. The Bertz CT molecular complexity index is 377. The summed E-state index contributed by atoms with van der Waals surface area (Å²) < 4.78 is 16.5. The Morgan fingerprint density at radius 1 is 1.50 bits per heavy atom. The van der Waals surface area contributed by atoms with Crippen LogP contribution in [0.1, 0.15) is 57.6 Å². The molecule has 1 aliphatic rings. The van der Waals surface area contributed by atoms with Crippen LogP contribution in [0, 0.1) is 0 Å². The lowest BCUT2D eigenvalue weighted by atomic mass is 10.1. The van der Waals surface area contributed by atoms with Gasteiger partial charge in [-0.15, -0.1) is 0 Å². The predicted octanol–water partition coefficient (Wildman–Crippen LogP) is 2.51. The van der Waals surface area contributed by atoms with Gasteiger partial charge in [-0.2, -0.15) is 0 Å². The molecule has 0 spiro atoms. The Kier molecular flexibility index (Phi) is 4.04. The molecule has 2 heterocycles. The van der Waals surface area contributed by atoms with Crippen LogP contribution in [-0.2, 0) is 15.1 Å². The molecular formula is C13H21NO4. The Morgan fingerprint density at radius 2 is 2.28 bits per heavy atom. The molecule has 0 radical (unpaired) electrons. The molecule has 5 heteroatoms. The number of hydrogen-bond acceptors (Lipinski definition) is 5. The van der Waals surface area contributed by atoms with E-state index in [0.29, 0.717) is 11.5 Å². The van der Waals surface area contributed by atoms with Crippen LogP contribution < -0.4 is 0 Å². The zero-order valence-corrected chi connectivity index (χ0v) is 11.2. The van der Waals surface area contributed by atoms with Crippen LogP contribution in [0.4, 0.5) is 0 Å². The number of aliphatic hydroxyl groups is 1. The zero-order valence-electron chi connectivity index (χ0n) is 11.2. The summed E-state index contributed by atoms with van der Waals surface area (Å²) in [6.45, 7) is 5.99. The minimum absolute atomic E-state index is 0.163. The molecule has 18 heavy (non-hydrogen) atoms. The van der Waals surface area contributed by atoms with E-state index in [1.807, 2.05) is 6.92 Å². The summed E-state index contributed by atoms with van der Waals surface area (Å²) >= 11 is 0. The highest BCUT2D eigenvalue weighted by Gasteiger charge is 2.25. The van der Waals surface area contributed by atoms with Crippen LogP contribution in [0.15, 0.2) is 10.6 Å². The monoisotopic (exact) mass is 255 g/mol. The quantitative estimate of drug-likeness (QED) is 0.895. The third-order valence-electron chi connectivity index (χ3n) is 3.05. The fraction of sp³-hybridized carbons (Fsp3) is 0.769. The molecule has 5 nitrogen and oxygen atoms in total. The third kappa shape index (κ3) is 3.31. The third-order valence-corrected chi connectivity index (χ3v) is 3.05. The molecule has 0 saturated carbocycles. The number of ether oxygens (including phenoxy) is 2. The molecule has 1 fully saturated rings. The number of aromatic nitrogens is 1. The van der Waals surface area contributed by atoms with Crippen molar-refractivity contribution < 1.29 is 19.1 Å². The van der Waals surface area contributed by atoms with Gasteiger partial charge in [-0.3, -0.25) is 0 Å². The first-order valence-electron chi connectivity index (χ1n) is 6.43. The zero-order chi connectivity index (χ0) is 13.2. The Hall–Kier alpha value is -0.910. The summed E-state index contributed by atoms with van der Waals surface area (Å²) in [7, 11) is 0. The molecule has 1 aromatic rings. The van der Waals surface area contributed by atoms with Crippen molar-refractivity contribution >= 4 is 0 Å². The van der Waals surface area contributed by atoms with Crippen LogP contribution in [0.25, 0.3) is 0 Å². The minimum atomic E-state index is -0.997. The van der Waals surface area contributed by atoms with E-state index in [2.05, 4.69) is 5.16 Å². The first-order valence-corrected chi connectivity index (χ1v) is 6.43. The van der Waals surface area contributed by atoms with E-state index in [-0.39, 0.29) is 12.4 Å². The number of hydrogen-bond donors (Lipinski definition) is 1. The summed E-state index contributed by atoms with van der Waals surface area (Å²) in [5, 5.41) is 13.7. The highest BCUT2D eigenvalue weighted by atomic mass is 16.7. The normalized spacial score (nSPS) is 23.0. The first-order chi connectivity index (χ1) is 8.47. The predicted molar refractivity (Wildman–Crippen MR) is 64.8 cm³/mol. The molecule has 0 aromatic carbocycles. The average molecular weight is 255 g/mol. The van der Waals surface area contributed by atoms with Crippen LogP contribution >= 0.6 is 0 Å². The number of nitrogens with zero attached hydrogens (tertiary/aromatic N) is 1. The highest BCUT2D eigenvalue weighted by molar-refractivity contribution is 5.13. The second kappa shape index (κ2) is 5.38. The van der Waals surface area contributed by atoms with E-state index in [1.165, 1.54) is 0 Å². The molecule has 1 aromatic heterocycles. The Morgan fingerprint density at radius 3 is 2.83 bits per heavy atom. The van der Waals surface area contributed by atoms with E-state index < -0.39 is 5.60 Å². The lowest BCUT2D eigenvalue weighted by Gasteiger charge is -2.24. The molecule has 2 unspecified atom stereocenters. The molecule has 1 saturated heterocycles. The highest BCUT2D eigenvalue weighted by Crippen LogP contribution is 2.26. The largest absolute Gasteiger partial charge is 0.384 e. The molecule has 0 amide bonds. The van der Waals surface area contributed by atoms with Gasteiger partial charge in [0, 0.05) is 12.7 Å². The Balaban J connectivity index is 1.96. The fourth-order valence-corrected chi connectivity index (χ4v) is 1.88. The van der Waals surface area contributed by atoms with Crippen molar-refractivity contribution in [3.8, 4) is 0 Å². The van der Waals surface area contributed by atoms with Gasteiger partial charge in [0.05, 0.1) is 0 Å². The molecular weight excluding hydrogens is 234 g/mol. The van der Waals surface area contributed by atoms with Gasteiger partial charge in [-0.1, -0.05) is 5.16 Å². The molecule has 1 N–H and O–H groups in total. The van der Waals surface area contributed by atoms with E-state index in [4.69, 9.17) is 14.0 Å². The van der Waals surface area contributed by atoms with E-state index >= 15 is 0 Å². The maximum absolute atomic E-state index is 9.82. The maximum atomic E-state index is 9.82. The lowest BCUT2D eigenvalue weighted by Crippen LogP contribution is -2.23. The summed E-state index contributed by atoms with van der Waals surface area (Å²) in [6.07, 6.45) is 2.75. The molecule has 0 aliphatic carbocycles. The van der Waals surface area contributed by atoms with Crippen LogP contribution in [-0.4, -0.2) is 23.2 Å². The second-order valence-electron chi connectivity index (χ2n) is 5.25. The Labute approximate surface area is 107 Å². The van der Waals surface area contributed by atoms with Crippen molar-refractivity contribution in [2.24, 2.45) is 0 Å². The van der Waals surface area contributed by atoms with Crippen LogP contribution in [0.2, 0.25) is 0 Å². The van der Waals surface area contributed by atoms with E-state index in [9.17, 15) is 5.11 Å². The molecule has 0 bridgehead atoms. The van der Waals surface area contributed by atoms with Gasteiger partial charge in [0.25, 0.3) is 0 Å². The van der Waals surface area contributed by atoms with Gasteiger partial charge >= 0.3 is 0 Å². The maximum Gasteiger partial charge on any atom is 0.165 e. The molecule has 102 valence electrons. The topological polar surface area (TPSA) is 64.7 Å². The summed E-state index contributed by atoms with van der Waals surface area (Å²) in [5.41, 5.74) is -0.486. The average Bonchev–Trinajstić information content (AvgIpc) is 2.79. The van der Waals surface area contributed by atoms with Gasteiger partial charge in [-0.05, 0) is 40.0 Å². The van der Waals surface area contributed by atoms with Crippen molar-refractivity contribution in [2.45, 2.75) is 58.0 Å². The fourth-order valence-electron chi connectivity index (χ4n) is 1.88. The van der Waals surface area contributed by atoms with Gasteiger partial charge in [0.1, 0.15) is 17.4 Å². The van der Waals surface area contributed by atoms with Gasteiger partial charge in [-0.25, -0.2) is 0 Å². The summed E-state index contributed by atoms with van der Waals surface area (Å²) in [4.78, 5) is 0. The standard InChI is InChI=1S/C13H21NO4/c1-9(17-12-6-4-5-7-16-12)10-8-11(14-18-10)13(2,3)15/h8-9,12,15H,4-7H2,1-3H3. The van der Waals surface area contributed by atoms with Crippen molar-refractivity contribution in [3.63, 3.8) is 0 Å². The van der Waals surface area contributed by atoms with E-state index in [1.54, 1.807) is 19.9 Å². The van der Waals surface area contributed by atoms with Crippen molar-refractivity contribution in [1.29, 1.82) is 0 Å². The summed E-state index contributed by atoms with van der Waals surface area (Å²) in [6, 6.07) is 1.73. The summed E-state index contributed by atoms with van der Waals surface area (Å²) in [5.74, 6) is 0.612. The van der Waals surface area contributed by atoms with Crippen molar-refractivity contribution in [1.82, 2.24) is 5.16 Å². The minimum Gasteiger partial charge on any atom is -0.384 e. The van der Waals surface area contributed by atoms with Gasteiger partial charge in [0.15, 0.2) is 12.1 Å². The smallest absolute Gasteiger partial charge is 0.165 e. The van der Waals surface area contributed by atoms with Crippen molar-refractivity contribution in [3.05, 3.63) is 17.5 Å². The molecule has 2 rings (SSSR count). The van der Waals surface area contributed by atoms with Crippen LogP contribution in [0.3, 0.4) is 0 Å².